The highest BCUT2D eigenvalue weighted by Crippen LogP contribution is 2.31. The Morgan fingerprint density at radius 2 is 1.85 bits per heavy atom. The van der Waals surface area contributed by atoms with E-state index >= 15 is 0 Å². The maximum Gasteiger partial charge on any atom is 0.215 e. The first kappa shape index (κ1) is 19.9. The highest BCUT2D eigenvalue weighted by atomic mass is 35.5. The number of H-pyrrole nitrogens is 1. The van der Waals surface area contributed by atoms with Gasteiger partial charge in [-0.2, -0.15) is 5.26 Å². The fourth-order valence-electron chi connectivity index (χ4n) is 2.90. The summed E-state index contributed by atoms with van der Waals surface area (Å²) >= 11 is 11.2. The predicted octanol–water partition coefficient (Wildman–Crippen LogP) is 5.32. The van der Waals surface area contributed by atoms with Crippen LogP contribution in [-0.2, 0) is 18.4 Å². The van der Waals surface area contributed by atoms with Crippen molar-refractivity contribution in [2.45, 2.75) is 32.2 Å². The average Bonchev–Trinajstić information content (AvgIpc) is 3.05. The van der Waals surface area contributed by atoms with Gasteiger partial charge in [-0.25, -0.2) is 4.98 Å². The van der Waals surface area contributed by atoms with E-state index in [4.69, 9.17) is 23.8 Å². The second kappa shape index (κ2) is 8.79. The molecule has 1 aromatic heterocycles. The number of hydrogen-bond acceptors (Lipinski definition) is 3. The van der Waals surface area contributed by atoms with E-state index in [1.165, 1.54) is 0 Å². The topological polar surface area (TPSA) is 57.4 Å². The zero-order valence-corrected chi connectivity index (χ0v) is 15.1. The molecular weight excluding hydrogens is 364 g/mol. The van der Waals surface area contributed by atoms with Gasteiger partial charge in [-0.15, -0.1) is 0 Å². The van der Waals surface area contributed by atoms with Gasteiger partial charge >= 0.3 is 0 Å². The molecule has 2 aromatic carbocycles. The van der Waals surface area contributed by atoms with E-state index < -0.39 is 5.41 Å². The molecule has 26 heavy (non-hydrogen) atoms. The van der Waals surface area contributed by atoms with Gasteiger partial charge < -0.3 is 0 Å². The molecule has 0 amide bonds. The quantitative estimate of drug-likeness (QED) is 0.584. The van der Waals surface area contributed by atoms with E-state index in [2.05, 4.69) is 16.2 Å². The van der Waals surface area contributed by atoms with Gasteiger partial charge in [0.05, 0.1) is 12.6 Å². The Morgan fingerprint density at radius 3 is 2.42 bits per heavy atom. The van der Waals surface area contributed by atoms with Crippen molar-refractivity contribution in [3.8, 4) is 6.07 Å². The van der Waals surface area contributed by atoms with Gasteiger partial charge in [0.1, 0.15) is 11.7 Å². The third-order valence-corrected chi connectivity index (χ3v) is 4.92. The van der Waals surface area contributed by atoms with Gasteiger partial charge in [-0.05, 0) is 48.3 Å². The smallest absolute Gasteiger partial charge is 0.215 e. The first-order chi connectivity index (χ1) is 12.1. The lowest BCUT2D eigenvalue weighted by Crippen LogP contribution is -2.31. The summed E-state index contributed by atoms with van der Waals surface area (Å²) in [6.07, 6.45) is 2.98. The number of aromatic amines is 1. The predicted molar refractivity (Wildman–Crippen MR) is 108 cm³/mol. The van der Waals surface area contributed by atoms with Crippen molar-refractivity contribution in [1.82, 2.24) is 14.8 Å². The molecule has 0 saturated carbocycles. The Morgan fingerprint density at radius 1 is 1.15 bits per heavy atom. The third-order valence-electron chi connectivity index (χ3n) is 4.34. The van der Waals surface area contributed by atoms with Crippen LogP contribution in [0.15, 0.2) is 60.9 Å². The maximum absolute atomic E-state index is 10.1. The van der Waals surface area contributed by atoms with Crippen LogP contribution in [0.25, 0.3) is 0 Å². The minimum Gasteiger partial charge on any atom is -0.286 e. The number of nitrogens with zero attached hydrogens (tertiary/aromatic N) is 3. The van der Waals surface area contributed by atoms with Crippen LogP contribution in [0.1, 0.15) is 25.0 Å². The van der Waals surface area contributed by atoms with Gasteiger partial charge in [0, 0.05) is 5.02 Å². The molecule has 0 radical (unpaired) electrons. The number of aryl methyl sites for hydroxylation is 1. The molecule has 0 spiro atoms. The van der Waals surface area contributed by atoms with Crippen LogP contribution in [0.3, 0.4) is 0 Å². The first-order valence-corrected chi connectivity index (χ1v) is 8.73. The Labute approximate surface area is 164 Å². The van der Waals surface area contributed by atoms with Crippen LogP contribution in [-0.4, -0.2) is 14.8 Å². The lowest BCUT2D eigenvalue weighted by molar-refractivity contribution is 0.399. The monoisotopic (exact) mass is 384 g/mol. The fraction of sp³-hybridized carbons (Fsp3) is 0.250. The van der Waals surface area contributed by atoms with E-state index in [9.17, 15) is 5.26 Å². The van der Waals surface area contributed by atoms with Crippen molar-refractivity contribution in [3.05, 3.63) is 81.8 Å². The normalized spacial score (nSPS) is 12.6. The Kier molecular flexibility index (Phi) is 6.73. The van der Waals surface area contributed by atoms with Crippen molar-refractivity contribution in [2.75, 3.05) is 0 Å². The number of nitriles is 1. The fourth-order valence-corrected chi connectivity index (χ4v) is 3.19. The molecule has 4 nitrogen and oxygen atoms in total. The Bertz CT molecular complexity index is 925. The molecule has 0 fully saturated rings. The Hall–Kier alpha value is -2.42. The Balaban J connectivity index is 0.00000243. The molecule has 134 valence electrons. The van der Waals surface area contributed by atoms with Crippen molar-refractivity contribution in [1.29, 1.82) is 5.26 Å². The lowest BCUT2D eigenvalue weighted by Gasteiger charge is -2.27. The largest absolute Gasteiger partial charge is 0.286 e. The molecule has 0 aliphatic heterocycles. The number of hydrogen-bond donors (Lipinski definition) is 1. The number of nitrogens with one attached hydrogen (secondary N) is 1. The van der Waals surface area contributed by atoms with E-state index in [0.29, 0.717) is 22.8 Å². The molecule has 0 saturated heterocycles. The summed E-state index contributed by atoms with van der Waals surface area (Å²) in [6, 6.07) is 20.1. The second-order valence-electron chi connectivity index (χ2n) is 5.94. The molecule has 3 rings (SSSR count). The van der Waals surface area contributed by atoms with E-state index in [-0.39, 0.29) is 7.43 Å². The number of halogens is 1. The SMILES string of the molecule is C.N#CC(CCc1ccc(Cl)cc1)(Cn1[nH]cnc1=S)c1ccccc1. The van der Waals surface area contributed by atoms with Crippen LogP contribution >= 0.6 is 23.8 Å². The van der Waals surface area contributed by atoms with Gasteiger partial charge in [0.25, 0.3) is 0 Å². The molecule has 1 heterocycles. The van der Waals surface area contributed by atoms with Gasteiger partial charge in [0.2, 0.25) is 4.77 Å². The number of benzene rings is 2. The molecule has 6 heteroatoms. The summed E-state index contributed by atoms with van der Waals surface area (Å²) in [7, 11) is 0. The van der Waals surface area contributed by atoms with Crippen LogP contribution in [0.4, 0.5) is 0 Å². The van der Waals surface area contributed by atoms with Crippen LogP contribution in [0.2, 0.25) is 5.02 Å². The summed E-state index contributed by atoms with van der Waals surface area (Å²) in [4.78, 5) is 4.05. The number of rotatable bonds is 6. The molecule has 1 unspecified atom stereocenters. The summed E-state index contributed by atoms with van der Waals surface area (Å²) < 4.78 is 2.19. The zero-order valence-electron chi connectivity index (χ0n) is 13.5. The molecule has 0 aliphatic carbocycles. The van der Waals surface area contributed by atoms with Crippen molar-refractivity contribution >= 4 is 23.8 Å². The van der Waals surface area contributed by atoms with E-state index in [1.807, 2.05) is 54.6 Å². The summed E-state index contributed by atoms with van der Waals surface area (Å²) in [6.45, 7) is 0.430. The van der Waals surface area contributed by atoms with Crippen molar-refractivity contribution < 1.29 is 0 Å². The standard InChI is InChI=1S/C19H17ClN4S.CH4/c20-17-8-6-15(7-9-17)10-11-19(12-21,16-4-2-1-3-5-16)13-24-18(25)22-14-23-24;/h1-9,14H,10-11,13H2,(H,22,23,25);1H4. The highest BCUT2D eigenvalue weighted by molar-refractivity contribution is 7.71. The van der Waals surface area contributed by atoms with Crippen LogP contribution in [0.5, 0.6) is 0 Å². The molecule has 3 aromatic rings. The van der Waals surface area contributed by atoms with Gasteiger partial charge in [-0.1, -0.05) is 61.5 Å². The lowest BCUT2D eigenvalue weighted by atomic mass is 9.77. The van der Waals surface area contributed by atoms with Crippen LogP contribution in [0, 0.1) is 16.1 Å². The average molecular weight is 385 g/mol. The van der Waals surface area contributed by atoms with Crippen LogP contribution < -0.4 is 0 Å². The van der Waals surface area contributed by atoms with Crippen molar-refractivity contribution in [3.63, 3.8) is 0 Å². The third kappa shape index (κ3) is 4.40. The highest BCUT2D eigenvalue weighted by Gasteiger charge is 2.33. The summed E-state index contributed by atoms with van der Waals surface area (Å²) in [5.41, 5.74) is 1.42. The molecule has 0 bridgehead atoms. The minimum atomic E-state index is -0.703. The molecular formula is C20H21ClN4S. The van der Waals surface area contributed by atoms with Gasteiger partial charge in [-0.3, -0.25) is 9.78 Å². The van der Waals surface area contributed by atoms with Gasteiger partial charge in [0.15, 0.2) is 0 Å². The minimum absolute atomic E-state index is 0. The maximum atomic E-state index is 10.1. The zero-order chi connectivity index (χ0) is 17.7. The van der Waals surface area contributed by atoms with Crippen molar-refractivity contribution in [2.24, 2.45) is 0 Å². The first-order valence-electron chi connectivity index (χ1n) is 7.94. The second-order valence-corrected chi connectivity index (χ2v) is 6.74. The molecule has 0 aliphatic rings. The summed E-state index contributed by atoms with van der Waals surface area (Å²) in [5.74, 6) is 0. The van der Waals surface area contributed by atoms with E-state index in [0.717, 1.165) is 17.5 Å². The molecule has 1 atom stereocenters. The van der Waals surface area contributed by atoms with E-state index in [1.54, 1.807) is 11.0 Å². The number of aromatic nitrogens is 3. The molecule has 1 N–H and O–H groups in total. The summed E-state index contributed by atoms with van der Waals surface area (Å²) in [5, 5.41) is 13.8.